The Kier molecular flexibility index (Phi) is 7.25. The van der Waals surface area contributed by atoms with Gasteiger partial charge in [0, 0.05) is 38.3 Å². The van der Waals surface area contributed by atoms with Gasteiger partial charge in [-0.3, -0.25) is 16.0 Å². The van der Waals surface area contributed by atoms with Crippen molar-refractivity contribution in [1.82, 2.24) is 25.1 Å². The second-order valence-corrected chi connectivity index (χ2v) is 15.0. The third-order valence-electron chi connectivity index (χ3n) is 11.8. The van der Waals surface area contributed by atoms with Gasteiger partial charge in [0.1, 0.15) is 11.2 Å². The van der Waals surface area contributed by atoms with Gasteiger partial charge in [-0.15, -0.1) is 0 Å². The van der Waals surface area contributed by atoms with Gasteiger partial charge < -0.3 is 13.6 Å². The molecule has 272 valence electrons. The van der Waals surface area contributed by atoms with Crippen molar-refractivity contribution in [2.45, 2.75) is 18.5 Å². The van der Waals surface area contributed by atoms with Crippen LogP contribution in [0.15, 0.2) is 192 Å². The van der Waals surface area contributed by atoms with Gasteiger partial charge in [0.25, 0.3) is 0 Å². The Hall–Kier alpha value is -6.96. The van der Waals surface area contributed by atoms with Crippen molar-refractivity contribution < 1.29 is 4.42 Å². The van der Waals surface area contributed by atoms with Crippen LogP contribution in [0.4, 0.5) is 0 Å². The molecule has 0 bridgehead atoms. The summed E-state index contributed by atoms with van der Waals surface area (Å²) in [5, 5.41) is 18.5. The van der Waals surface area contributed by atoms with Crippen LogP contribution in [0.1, 0.15) is 35.2 Å². The molecule has 0 saturated carbocycles. The fraction of sp³-hybridized carbons (Fsp3) is 0.0588. The largest absolute Gasteiger partial charge is 0.455 e. The van der Waals surface area contributed by atoms with Crippen molar-refractivity contribution in [2.24, 2.45) is 0 Å². The van der Waals surface area contributed by atoms with Crippen molar-refractivity contribution in [2.75, 3.05) is 0 Å². The second kappa shape index (κ2) is 12.8. The molecule has 11 aromatic rings. The Morgan fingerprint density at radius 2 is 0.860 bits per heavy atom. The number of aromatic nitrogens is 2. The van der Waals surface area contributed by atoms with Gasteiger partial charge in [-0.1, -0.05) is 133 Å². The maximum Gasteiger partial charge on any atom is 0.145 e. The summed E-state index contributed by atoms with van der Waals surface area (Å²) in [6, 6.07) is 67.2. The smallest absolute Gasteiger partial charge is 0.145 e. The summed E-state index contributed by atoms with van der Waals surface area (Å²) in [5.41, 5.74) is 12.2. The summed E-state index contributed by atoms with van der Waals surface area (Å²) in [4.78, 5) is 0. The standard InChI is InChI=1S/C51H37N5O/c1-4-14-32(15-5-1)49-52-50(33-16-6-2-7-17-33)54-51(53-49)34-24-26-36(27-25-34)55-42-30-28-39-37-20-10-12-22-41(37)56(35-18-8-3-9-19-35)47(39)45(42)46-43(55)31-29-40-38-21-11-13-23-44(38)57-48(40)46/h1-31,49-54H. The molecule has 0 aliphatic carbocycles. The molecule has 1 fully saturated rings. The molecule has 0 spiro atoms. The van der Waals surface area contributed by atoms with Crippen molar-refractivity contribution >= 4 is 65.6 Å². The lowest BCUT2D eigenvalue weighted by Crippen LogP contribution is -2.54. The Labute approximate surface area is 328 Å². The van der Waals surface area contributed by atoms with Crippen LogP contribution in [0.25, 0.3) is 76.9 Å². The number of nitrogens with one attached hydrogen (secondary N) is 3. The lowest BCUT2D eigenvalue weighted by atomic mass is 10.0. The van der Waals surface area contributed by atoms with Crippen molar-refractivity contribution in [1.29, 1.82) is 0 Å². The van der Waals surface area contributed by atoms with E-state index in [0.29, 0.717) is 0 Å². The first-order chi connectivity index (χ1) is 28.3. The first kappa shape index (κ1) is 32.3. The number of fused-ring (bicyclic) bond motifs is 11. The monoisotopic (exact) mass is 735 g/mol. The minimum absolute atomic E-state index is 0.0373. The average molecular weight is 736 g/mol. The molecule has 6 heteroatoms. The molecule has 6 nitrogen and oxygen atoms in total. The number of hydrogen-bond acceptors (Lipinski definition) is 4. The molecule has 12 rings (SSSR count). The van der Waals surface area contributed by atoms with Crippen molar-refractivity contribution in [3.05, 3.63) is 205 Å². The molecule has 3 N–H and O–H groups in total. The van der Waals surface area contributed by atoms with Gasteiger partial charge in [-0.05, 0) is 71.3 Å². The highest BCUT2D eigenvalue weighted by atomic mass is 16.3. The van der Waals surface area contributed by atoms with Crippen LogP contribution in [0.2, 0.25) is 0 Å². The Bertz CT molecular complexity index is 3230. The normalized spacial score (nSPS) is 17.4. The summed E-state index contributed by atoms with van der Waals surface area (Å²) in [7, 11) is 0. The van der Waals surface area contributed by atoms with E-state index in [9.17, 15) is 0 Å². The number of rotatable bonds is 5. The van der Waals surface area contributed by atoms with E-state index in [0.717, 1.165) is 55.3 Å². The van der Waals surface area contributed by atoms with Gasteiger partial charge in [-0.2, -0.15) is 0 Å². The number of para-hydroxylation sites is 3. The second-order valence-electron chi connectivity index (χ2n) is 15.0. The third kappa shape index (κ3) is 5.02. The maximum absolute atomic E-state index is 6.84. The molecule has 2 atom stereocenters. The summed E-state index contributed by atoms with van der Waals surface area (Å²) in [6.07, 6.45) is -0.167. The number of nitrogens with zero attached hydrogens (tertiary/aromatic N) is 2. The van der Waals surface area contributed by atoms with Crippen LogP contribution in [-0.2, 0) is 0 Å². The molecular weight excluding hydrogens is 699 g/mol. The molecule has 1 saturated heterocycles. The lowest BCUT2D eigenvalue weighted by Gasteiger charge is -2.39. The highest BCUT2D eigenvalue weighted by Gasteiger charge is 2.30. The van der Waals surface area contributed by atoms with E-state index >= 15 is 0 Å². The molecule has 0 radical (unpaired) electrons. The van der Waals surface area contributed by atoms with Crippen LogP contribution in [0.5, 0.6) is 0 Å². The Morgan fingerprint density at radius 1 is 0.351 bits per heavy atom. The molecule has 1 aliphatic rings. The van der Waals surface area contributed by atoms with E-state index in [1.807, 2.05) is 0 Å². The van der Waals surface area contributed by atoms with E-state index in [-0.39, 0.29) is 18.5 Å². The quantitative estimate of drug-likeness (QED) is 0.165. The topological polar surface area (TPSA) is 59.1 Å². The summed E-state index contributed by atoms with van der Waals surface area (Å²) in [5.74, 6) is 0. The fourth-order valence-electron chi connectivity index (χ4n) is 9.27. The molecule has 4 heterocycles. The molecule has 0 amide bonds. The molecule has 8 aromatic carbocycles. The molecule has 1 aliphatic heterocycles. The number of hydrogen-bond donors (Lipinski definition) is 3. The van der Waals surface area contributed by atoms with Crippen LogP contribution >= 0.6 is 0 Å². The minimum Gasteiger partial charge on any atom is -0.455 e. The van der Waals surface area contributed by atoms with Crippen LogP contribution in [-0.4, -0.2) is 9.13 Å². The van der Waals surface area contributed by atoms with Crippen molar-refractivity contribution in [3.8, 4) is 11.4 Å². The highest BCUT2D eigenvalue weighted by molar-refractivity contribution is 6.32. The Balaban J connectivity index is 1.08. The summed E-state index contributed by atoms with van der Waals surface area (Å²) >= 11 is 0. The average Bonchev–Trinajstić information content (AvgIpc) is 3.95. The molecule has 57 heavy (non-hydrogen) atoms. The van der Waals surface area contributed by atoms with Gasteiger partial charge in [-0.25, -0.2) is 0 Å². The van der Waals surface area contributed by atoms with E-state index in [2.05, 4.69) is 213 Å². The maximum atomic E-state index is 6.84. The molecule has 2 unspecified atom stereocenters. The van der Waals surface area contributed by atoms with Crippen molar-refractivity contribution in [3.63, 3.8) is 0 Å². The van der Waals surface area contributed by atoms with Gasteiger partial charge in [0.15, 0.2) is 0 Å². The fourth-order valence-corrected chi connectivity index (χ4v) is 9.27. The van der Waals surface area contributed by atoms with E-state index in [1.165, 1.54) is 38.3 Å². The van der Waals surface area contributed by atoms with E-state index in [1.54, 1.807) is 0 Å². The predicted molar refractivity (Wildman–Crippen MR) is 233 cm³/mol. The SMILES string of the molecule is c1ccc(C2NC(c3ccccc3)NC(c3ccc(-n4c5ccc6c7ccccc7oc6c5c5c4ccc4c6ccccc6n(-c6ccccc6)c45)cc3)N2)cc1. The van der Waals surface area contributed by atoms with Gasteiger partial charge in [0.2, 0.25) is 0 Å². The third-order valence-corrected chi connectivity index (χ3v) is 11.8. The summed E-state index contributed by atoms with van der Waals surface area (Å²) in [6.45, 7) is 0. The van der Waals surface area contributed by atoms with Gasteiger partial charge >= 0.3 is 0 Å². The van der Waals surface area contributed by atoms with Crippen LogP contribution in [0.3, 0.4) is 0 Å². The highest BCUT2D eigenvalue weighted by Crippen LogP contribution is 2.46. The van der Waals surface area contributed by atoms with E-state index in [4.69, 9.17) is 4.42 Å². The lowest BCUT2D eigenvalue weighted by molar-refractivity contribution is 0.203. The number of benzene rings is 8. The predicted octanol–water partition coefficient (Wildman–Crippen LogP) is 12.0. The van der Waals surface area contributed by atoms with Crippen LogP contribution in [0, 0.1) is 0 Å². The van der Waals surface area contributed by atoms with Gasteiger partial charge in [0.05, 0.1) is 46.0 Å². The molecule has 3 aromatic heterocycles. The summed E-state index contributed by atoms with van der Waals surface area (Å²) < 4.78 is 11.7. The zero-order valence-electron chi connectivity index (χ0n) is 30.9. The van der Waals surface area contributed by atoms with E-state index < -0.39 is 0 Å². The first-order valence-electron chi connectivity index (χ1n) is 19.6. The number of furan rings is 1. The zero-order valence-corrected chi connectivity index (χ0v) is 30.9. The zero-order chi connectivity index (χ0) is 37.5. The first-order valence-corrected chi connectivity index (χ1v) is 19.6. The Morgan fingerprint density at radius 3 is 1.53 bits per heavy atom. The molecular formula is C51H37N5O. The van der Waals surface area contributed by atoms with Crippen LogP contribution < -0.4 is 16.0 Å². The minimum atomic E-state index is -0.0924.